The lowest BCUT2D eigenvalue weighted by atomic mass is 10.3. The van der Waals surface area contributed by atoms with Gasteiger partial charge in [0.1, 0.15) is 5.69 Å². The van der Waals surface area contributed by atoms with Crippen LogP contribution >= 0.6 is 0 Å². The number of nitrogens with zero attached hydrogens (tertiary/aromatic N) is 4. The molecule has 0 aliphatic rings. The highest BCUT2D eigenvalue weighted by Gasteiger charge is 2.10. The summed E-state index contributed by atoms with van der Waals surface area (Å²) >= 11 is 0. The predicted molar refractivity (Wildman–Crippen MR) is 63.9 cm³/mol. The van der Waals surface area contributed by atoms with E-state index in [0.717, 1.165) is 6.54 Å². The molecule has 0 fully saturated rings. The maximum absolute atomic E-state index is 11.9. The van der Waals surface area contributed by atoms with Crippen LogP contribution in [-0.2, 0) is 0 Å². The van der Waals surface area contributed by atoms with Gasteiger partial charge in [0.15, 0.2) is 5.65 Å². The molecule has 17 heavy (non-hydrogen) atoms. The molecule has 0 aliphatic carbocycles. The van der Waals surface area contributed by atoms with Gasteiger partial charge in [0.25, 0.3) is 5.91 Å². The summed E-state index contributed by atoms with van der Waals surface area (Å²) in [4.78, 5) is 18.0. The Balaban J connectivity index is 2.11. The standard InChI is InChI=1S/C11H15N5O/c1-15(2)8-7-13-11(17)9-3-5-12-10-4-6-14-16(9)10/h3-6H,7-8H2,1-2H3,(H,13,17). The van der Waals surface area contributed by atoms with E-state index in [-0.39, 0.29) is 5.91 Å². The Kier molecular flexibility index (Phi) is 3.34. The van der Waals surface area contributed by atoms with Crippen molar-refractivity contribution in [3.8, 4) is 0 Å². The molecule has 90 valence electrons. The molecule has 0 radical (unpaired) electrons. The molecule has 2 rings (SSSR count). The highest BCUT2D eigenvalue weighted by atomic mass is 16.2. The second-order valence-electron chi connectivity index (χ2n) is 3.99. The molecule has 1 amide bonds. The number of rotatable bonds is 4. The molecule has 1 N–H and O–H groups in total. The largest absolute Gasteiger partial charge is 0.349 e. The molecule has 0 saturated heterocycles. The molecule has 6 heteroatoms. The Labute approximate surface area is 99.3 Å². The zero-order valence-corrected chi connectivity index (χ0v) is 9.92. The fraction of sp³-hybridized carbons (Fsp3) is 0.364. The third-order valence-corrected chi connectivity index (χ3v) is 2.37. The van der Waals surface area contributed by atoms with Gasteiger partial charge in [-0.05, 0) is 20.2 Å². The lowest BCUT2D eigenvalue weighted by molar-refractivity contribution is 0.0943. The van der Waals surface area contributed by atoms with Crippen molar-refractivity contribution in [3.63, 3.8) is 0 Å². The van der Waals surface area contributed by atoms with E-state index in [9.17, 15) is 4.79 Å². The highest BCUT2D eigenvalue weighted by Crippen LogP contribution is 2.02. The zero-order valence-electron chi connectivity index (χ0n) is 9.92. The van der Waals surface area contributed by atoms with E-state index in [0.29, 0.717) is 17.9 Å². The van der Waals surface area contributed by atoms with Gasteiger partial charge >= 0.3 is 0 Å². The summed E-state index contributed by atoms with van der Waals surface area (Å²) in [6.45, 7) is 1.41. The number of amides is 1. The molecule has 0 atom stereocenters. The van der Waals surface area contributed by atoms with E-state index in [4.69, 9.17) is 0 Å². The van der Waals surface area contributed by atoms with Gasteiger partial charge in [0.2, 0.25) is 0 Å². The van der Waals surface area contributed by atoms with Crippen molar-refractivity contribution in [2.75, 3.05) is 27.2 Å². The quantitative estimate of drug-likeness (QED) is 0.808. The van der Waals surface area contributed by atoms with Crippen LogP contribution in [0.3, 0.4) is 0 Å². The second-order valence-corrected chi connectivity index (χ2v) is 3.99. The number of nitrogens with one attached hydrogen (secondary N) is 1. The van der Waals surface area contributed by atoms with E-state index in [2.05, 4.69) is 15.4 Å². The topological polar surface area (TPSA) is 62.5 Å². The summed E-state index contributed by atoms with van der Waals surface area (Å²) < 4.78 is 1.53. The molecule has 0 spiro atoms. The van der Waals surface area contributed by atoms with Crippen LogP contribution in [0.5, 0.6) is 0 Å². The van der Waals surface area contributed by atoms with Crippen LogP contribution < -0.4 is 5.32 Å². The lowest BCUT2D eigenvalue weighted by Crippen LogP contribution is -2.32. The number of hydrogen-bond donors (Lipinski definition) is 1. The fourth-order valence-electron chi connectivity index (χ4n) is 1.49. The normalized spacial score (nSPS) is 11.0. The summed E-state index contributed by atoms with van der Waals surface area (Å²) in [7, 11) is 3.93. The number of likely N-dealkylation sites (N-methyl/N-ethyl adjacent to an activating group) is 1. The molecule has 0 aromatic carbocycles. The monoisotopic (exact) mass is 233 g/mol. The summed E-state index contributed by atoms with van der Waals surface area (Å²) in [5.41, 5.74) is 1.17. The zero-order chi connectivity index (χ0) is 12.3. The van der Waals surface area contributed by atoms with Gasteiger partial charge in [-0.2, -0.15) is 5.10 Å². The molecule has 2 heterocycles. The third kappa shape index (κ3) is 2.59. The SMILES string of the molecule is CN(C)CCNC(=O)c1ccnc2ccnn12. The van der Waals surface area contributed by atoms with Gasteiger partial charge in [-0.25, -0.2) is 9.50 Å². The summed E-state index contributed by atoms with van der Waals surface area (Å²) in [5.74, 6) is -0.136. The van der Waals surface area contributed by atoms with Crippen molar-refractivity contribution in [2.24, 2.45) is 0 Å². The van der Waals surface area contributed by atoms with Crippen LogP contribution in [0.1, 0.15) is 10.5 Å². The third-order valence-electron chi connectivity index (χ3n) is 2.37. The molecule has 0 bridgehead atoms. The first kappa shape index (κ1) is 11.5. The highest BCUT2D eigenvalue weighted by molar-refractivity contribution is 5.92. The molecule has 0 saturated carbocycles. The minimum Gasteiger partial charge on any atom is -0.349 e. The summed E-state index contributed by atoms with van der Waals surface area (Å²) in [6.07, 6.45) is 3.23. The number of carbonyl (C=O) groups is 1. The van der Waals surface area contributed by atoms with E-state index in [1.54, 1.807) is 24.5 Å². The number of hydrogen-bond acceptors (Lipinski definition) is 4. The van der Waals surface area contributed by atoms with Gasteiger partial charge in [-0.3, -0.25) is 4.79 Å². The van der Waals surface area contributed by atoms with Gasteiger partial charge in [-0.15, -0.1) is 0 Å². The van der Waals surface area contributed by atoms with Gasteiger partial charge in [-0.1, -0.05) is 0 Å². The van der Waals surface area contributed by atoms with Crippen LogP contribution in [0.2, 0.25) is 0 Å². The molecule has 0 unspecified atom stereocenters. The second kappa shape index (κ2) is 4.92. The Morgan fingerprint density at radius 1 is 1.41 bits per heavy atom. The van der Waals surface area contributed by atoms with Crippen molar-refractivity contribution in [1.82, 2.24) is 24.8 Å². The van der Waals surface area contributed by atoms with Gasteiger partial charge in [0.05, 0.1) is 6.20 Å². The summed E-state index contributed by atoms with van der Waals surface area (Å²) in [5, 5.41) is 6.91. The van der Waals surface area contributed by atoms with Crippen LogP contribution in [-0.4, -0.2) is 52.6 Å². The van der Waals surface area contributed by atoms with Crippen LogP contribution in [0, 0.1) is 0 Å². The van der Waals surface area contributed by atoms with E-state index < -0.39 is 0 Å². The first-order valence-corrected chi connectivity index (χ1v) is 5.40. The molecule has 0 aliphatic heterocycles. The Morgan fingerprint density at radius 2 is 2.24 bits per heavy atom. The van der Waals surface area contributed by atoms with Gasteiger partial charge in [0, 0.05) is 25.4 Å². The first-order valence-electron chi connectivity index (χ1n) is 5.40. The molecule has 2 aromatic rings. The predicted octanol–water partition coefficient (Wildman–Crippen LogP) is 0.0207. The first-order chi connectivity index (χ1) is 8.18. The van der Waals surface area contributed by atoms with Crippen molar-refractivity contribution < 1.29 is 4.79 Å². The maximum Gasteiger partial charge on any atom is 0.270 e. The maximum atomic E-state index is 11.9. The van der Waals surface area contributed by atoms with E-state index >= 15 is 0 Å². The number of carbonyl (C=O) groups excluding carboxylic acids is 1. The van der Waals surface area contributed by atoms with E-state index in [1.165, 1.54) is 4.52 Å². The van der Waals surface area contributed by atoms with Crippen molar-refractivity contribution >= 4 is 11.6 Å². The minimum atomic E-state index is -0.136. The van der Waals surface area contributed by atoms with Crippen LogP contribution in [0.25, 0.3) is 5.65 Å². The number of fused-ring (bicyclic) bond motifs is 1. The smallest absolute Gasteiger partial charge is 0.270 e. The van der Waals surface area contributed by atoms with Gasteiger partial charge < -0.3 is 10.2 Å². The van der Waals surface area contributed by atoms with E-state index in [1.807, 2.05) is 19.0 Å². The molecular formula is C11H15N5O. The summed E-state index contributed by atoms with van der Waals surface area (Å²) in [6, 6.07) is 3.42. The minimum absolute atomic E-state index is 0.136. The Morgan fingerprint density at radius 3 is 3.00 bits per heavy atom. The Bertz CT molecular complexity index is 519. The molecular weight excluding hydrogens is 218 g/mol. The van der Waals surface area contributed by atoms with Crippen molar-refractivity contribution in [3.05, 3.63) is 30.2 Å². The lowest BCUT2D eigenvalue weighted by Gasteiger charge is -2.10. The number of aromatic nitrogens is 3. The molecule has 2 aromatic heterocycles. The average Bonchev–Trinajstić information content (AvgIpc) is 2.75. The van der Waals surface area contributed by atoms with Crippen molar-refractivity contribution in [1.29, 1.82) is 0 Å². The fourth-order valence-corrected chi connectivity index (χ4v) is 1.49. The average molecular weight is 233 g/mol. The van der Waals surface area contributed by atoms with Crippen LogP contribution in [0.15, 0.2) is 24.5 Å². The Hall–Kier alpha value is -1.95. The van der Waals surface area contributed by atoms with Crippen molar-refractivity contribution in [2.45, 2.75) is 0 Å². The molecule has 6 nitrogen and oxygen atoms in total. The van der Waals surface area contributed by atoms with Crippen LogP contribution in [0.4, 0.5) is 0 Å².